The standard InChI is InChI=1S/C16H16BrN5O2S/c17-9-6-12-11(23-2-3-24-12)5-8(9)7-22-14-13-10(21-22)1-4-25-15(13)20-16(18)19-14/h5-6,10,21H,1-4,7H2,(H2,18,19,20). The summed E-state index contributed by atoms with van der Waals surface area (Å²) in [6.45, 7) is 1.80. The number of hydrogen-bond acceptors (Lipinski definition) is 8. The molecular weight excluding hydrogens is 406 g/mol. The molecule has 3 aliphatic rings. The molecule has 5 rings (SSSR count). The molecule has 3 aliphatic heterocycles. The molecule has 0 spiro atoms. The highest BCUT2D eigenvalue weighted by Gasteiger charge is 2.36. The molecule has 0 fully saturated rings. The minimum Gasteiger partial charge on any atom is -0.486 e. The van der Waals surface area contributed by atoms with E-state index < -0.39 is 0 Å². The number of nitrogens with two attached hydrogens (primary N) is 1. The van der Waals surface area contributed by atoms with Crippen molar-refractivity contribution in [3.8, 4) is 11.5 Å². The molecule has 7 nitrogen and oxygen atoms in total. The Bertz CT molecular complexity index is 865. The third-order valence-corrected chi connectivity index (χ3v) is 6.27. The molecule has 0 saturated heterocycles. The van der Waals surface area contributed by atoms with E-state index in [1.165, 1.54) is 5.56 Å². The van der Waals surface area contributed by atoms with Gasteiger partial charge in [0.25, 0.3) is 0 Å². The first-order valence-corrected chi connectivity index (χ1v) is 9.89. The lowest BCUT2D eigenvalue weighted by Crippen LogP contribution is -2.34. The van der Waals surface area contributed by atoms with Crippen molar-refractivity contribution in [2.45, 2.75) is 24.0 Å². The molecule has 0 bridgehead atoms. The van der Waals surface area contributed by atoms with Crippen molar-refractivity contribution in [2.75, 3.05) is 29.7 Å². The van der Waals surface area contributed by atoms with E-state index >= 15 is 0 Å². The van der Waals surface area contributed by atoms with Gasteiger partial charge < -0.3 is 15.2 Å². The first-order chi connectivity index (χ1) is 12.2. The summed E-state index contributed by atoms with van der Waals surface area (Å²) < 4.78 is 12.3. The zero-order valence-electron chi connectivity index (χ0n) is 13.3. The average molecular weight is 422 g/mol. The lowest BCUT2D eigenvalue weighted by molar-refractivity contribution is 0.171. The number of nitrogens with zero attached hydrogens (tertiary/aromatic N) is 3. The molecule has 0 aliphatic carbocycles. The summed E-state index contributed by atoms with van der Waals surface area (Å²) in [4.78, 5) is 8.89. The van der Waals surface area contributed by atoms with Gasteiger partial charge in [0.05, 0.1) is 12.6 Å². The fourth-order valence-corrected chi connectivity index (χ4v) is 4.93. The molecular formula is C16H16BrN5O2S. The normalized spacial score (nSPS) is 20.5. The van der Waals surface area contributed by atoms with Gasteiger partial charge in [-0.15, -0.1) is 11.8 Å². The van der Waals surface area contributed by atoms with E-state index in [2.05, 4.69) is 36.3 Å². The number of ether oxygens (including phenoxy) is 2. The molecule has 0 saturated carbocycles. The van der Waals surface area contributed by atoms with E-state index in [0.717, 1.165) is 44.6 Å². The second-order valence-corrected chi connectivity index (χ2v) is 8.05. The second-order valence-electron chi connectivity index (χ2n) is 6.12. The quantitative estimate of drug-likeness (QED) is 0.715. The monoisotopic (exact) mass is 421 g/mol. The summed E-state index contributed by atoms with van der Waals surface area (Å²) in [6.07, 6.45) is 1.05. The van der Waals surface area contributed by atoms with Crippen LogP contribution in [-0.2, 0) is 6.54 Å². The van der Waals surface area contributed by atoms with Crippen LogP contribution in [0.4, 0.5) is 11.8 Å². The van der Waals surface area contributed by atoms with Crippen LogP contribution in [0.3, 0.4) is 0 Å². The third-order valence-electron chi connectivity index (χ3n) is 4.51. The van der Waals surface area contributed by atoms with E-state index in [1.807, 2.05) is 12.1 Å². The topological polar surface area (TPSA) is 85.5 Å². The SMILES string of the molecule is Nc1nc2c3c(n1)N(Cc1cc4c(cc1Br)OCCO4)NC3CCS2. The molecule has 1 atom stereocenters. The predicted octanol–water partition coefficient (Wildman–Crippen LogP) is 2.65. The summed E-state index contributed by atoms with van der Waals surface area (Å²) in [5, 5.41) is 3.05. The van der Waals surface area contributed by atoms with Crippen LogP contribution in [0.15, 0.2) is 21.6 Å². The number of hydrogen-bond donors (Lipinski definition) is 2. The number of nitrogens with one attached hydrogen (secondary N) is 1. The maximum absolute atomic E-state index is 5.92. The Kier molecular flexibility index (Phi) is 3.68. The zero-order chi connectivity index (χ0) is 17.0. The van der Waals surface area contributed by atoms with Crippen molar-refractivity contribution in [1.29, 1.82) is 0 Å². The fourth-order valence-electron chi connectivity index (χ4n) is 3.39. The van der Waals surface area contributed by atoms with E-state index in [0.29, 0.717) is 25.7 Å². The van der Waals surface area contributed by atoms with Crippen LogP contribution in [0.2, 0.25) is 0 Å². The van der Waals surface area contributed by atoms with Gasteiger partial charge in [-0.1, -0.05) is 15.9 Å². The molecule has 130 valence electrons. The maximum atomic E-state index is 5.92. The lowest BCUT2D eigenvalue weighted by Gasteiger charge is -2.23. The van der Waals surface area contributed by atoms with Crippen LogP contribution >= 0.6 is 27.7 Å². The predicted molar refractivity (Wildman–Crippen MR) is 99.0 cm³/mol. The highest BCUT2D eigenvalue weighted by molar-refractivity contribution is 9.10. The molecule has 25 heavy (non-hydrogen) atoms. The summed E-state index contributed by atoms with van der Waals surface area (Å²) in [5.41, 5.74) is 11.7. The zero-order valence-corrected chi connectivity index (χ0v) is 15.7. The van der Waals surface area contributed by atoms with E-state index in [4.69, 9.17) is 15.2 Å². The number of benzene rings is 1. The van der Waals surface area contributed by atoms with Crippen molar-refractivity contribution in [1.82, 2.24) is 15.4 Å². The number of halogens is 1. The summed E-state index contributed by atoms with van der Waals surface area (Å²) in [6, 6.07) is 4.24. The number of thioether (sulfide) groups is 1. The number of aromatic nitrogens is 2. The van der Waals surface area contributed by atoms with Crippen molar-refractivity contribution in [2.24, 2.45) is 0 Å². The molecule has 1 unspecified atom stereocenters. The third kappa shape index (κ3) is 2.61. The molecule has 2 aromatic rings. The van der Waals surface area contributed by atoms with Gasteiger partial charge in [0.15, 0.2) is 17.3 Å². The van der Waals surface area contributed by atoms with Gasteiger partial charge >= 0.3 is 0 Å². The molecule has 0 radical (unpaired) electrons. The van der Waals surface area contributed by atoms with Gasteiger partial charge in [0.1, 0.15) is 18.2 Å². The van der Waals surface area contributed by atoms with Gasteiger partial charge in [-0.2, -0.15) is 4.98 Å². The van der Waals surface area contributed by atoms with E-state index in [9.17, 15) is 0 Å². The summed E-state index contributed by atoms with van der Waals surface area (Å²) in [5.74, 6) is 3.78. The van der Waals surface area contributed by atoms with Crippen molar-refractivity contribution < 1.29 is 9.47 Å². The highest BCUT2D eigenvalue weighted by Crippen LogP contribution is 2.45. The largest absolute Gasteiger partial charge is 0.486 e. The first kappa shape index (κ1) is 15.5. The Hall–Kier alpha value is -1.71. The smallest absolute Gasteiger partial charge is 0.223 e. The van der Waals surface area contributed by atoms with Gasteiger partial charge in [-0.3, -0.25) is 5.01 Å². The Morgan fingerprint density at radius 1 is 1.28 bits per heavy atom. The molecule has 1 aromatic carbocycles. The van der Waals surface area contributed by atoms with Crippen LogP contribution in [0.5, 0.6) is 11.5 Å². The van der Waals surface area contributed by atoms with Gasteiger partial charge in [0.2, 0.25) is 5.95 Å². The molecule has 4 heterocycles. The lowest BCUT2D eigenvalue weighted by atomic mass is 10.1. The molecule has 0 amide bonds. The molecule has 9 heteroatoms. The number of fused-ring (bicyclic) bond motifs is 1. The number of hydrazine groups is 1. The molecule has 3 N–H and O–H groups in total. The summed E-state index contributed by atoms with van der Waals surface area (Å²) in [7, 11) is 0. The van der Waals surface area contributed by atoms with Crippen LogP contribution in [-0.4, -0.2) is 28.9 Å². The van der Waals surface area contributed by atoms with Crippen LogP contribution in [0.1, 0.15) is 23.6 Å². The van der Waals surface area contributed by atoms with Crippen molar-refractivity contribution in [3.05, 3.63) is 27.7 Å². The Balaban J connectivity index is 1.51. The van der Waals surface area contributed by atoms with Crippen LogP contribution in [0.25, 0.3) is 0 Å². The van der Waals surface area contributed by atoms with Gasteiger partial charge in [-0.25, -0.2) is 10.4 Å². The fraction of sp³-hybridized carbons (Fsp3) is 0.375. The highest BCUT2D eigenvalue weighted by atomic mass is 79.9. The minimum atomic E-state index is 0.253. The van der Waals surface area contributed by atoms with E-state index in [-0.39, 0.29) is 6.04 Å². The van der Waals surface area contributed by atoms with Crippen molar-refractivity contribution in [3.63, 3.8) is 0 Å². The number of rotatable bonds is 2. The van der Waals surface area contributed by atoms with E-state index in [1.54, 1.807) is 11.8 Å². The second kappa shape index (κ2) is 5.93. The minimum absolute atomic E-state index is 0.253. The first-order valence-electron chi connectivity index (χ1n) is 8.11. The summed E-state index contributed by atoms with van der Waals surface area (Å²) >= 11 is 5.39. The van der Waals surface area contributed by atoms with Crippen molar-refractivity contribution >= 4 is 39.5 Å². The van der Waals surface area contributed by atoms with Crippen LogP contribution in [0, 0.1) is 0 Å². The average Bonchev–Trinajstić information content (AvgIpc) is 2.94. The Morgan fingerprint density at radius 3 is 2.92 bits per heavy atom. The number of nitrogen functional groups attached to an aromatic ring is 1. The maximum Gasteiger partial charge on any atom is 0.223 e. The van der Waals surface area contributed by atoms with Gasteiger partial charge in [-0.05, 0) is 24.1 Å². The van der Waals surface area contributed by atoms with Crippen LogP contribution < -0.4 is 25.6 Å². The van der Waals surface area contributed by atoms with Gasteiger partial charge in [0, 0.05) is 15.8 Å². The molecule has 1 aromatic heterocycles. The number of anilines is 2. The Morgan fingerprint density at radius 2 is 2.08 bits per heavy atom. The Labute approximate surface area is 157 Å².